The normalized spacial score (nSPS) is 11.1. The lowest BCUT2D eigenvalue weighted by Gasteiger charge is -2.05. The highest BCUT2D eigenvalue weighted by Crippen LogP contribution is 2.15. The predicted molar refractivity (Wildman–Crippen MR) is 72.5 cm³/mol. The van der Waals surface area contributed by atoms with E-state index >= 15 is 0 Å². The molecule has 0 fully saturated rings. The van der Waals surface area contributed by atoms with E-state index < -0.39 is 5.97 Å². The summed E-state index contributed by atoms with van der Waals surface area (Å²) < 4.78 is 0. The second kappa shape index (κ2) is 5.63. The van der Waals surface area contributed by atoms with E-state index in [1.807, 2.05) is 30.3 Å². The molecule has 2 rings (SSSR count). The number of guanidine groups is 1. The van der Waals surface area contributed by atoms with Crippen LogP contribution in [0.2, 0.25) is 0 Å². The Balaban J connectivity index is 2.24. The largest absolute Gasteiger partial charge is 0.478 e. The summed E-state index contributed by atoms with van der Waals surface area (Å²) in [6.07, 6.45) is 1.46. The van der Waals surface area contributed by atoms with Crippen molar-refractivity contribution in [3.05, 3.63) is 54.2 Å². The molecule has 19 heavy (non-hydrogen) atoms. The number of rotatable bonds is 3. The van der Waals surface area contributed by atoms with E-state index in [0.717, 1.165) is 5.69 Å². The summed E-state index contributed by atoms with van der Waals surface area (Å²) in [6, 6.07) is 12.2. The number of nitrogens with two attached hydrogens (primary N) is 1. The number of benzene rings is 1. The molecule has 4 N–H and O–H groups in total. The van der Waals surface area contributed by atoms with Crippen LogP contribution in [0, 0.1) is 0 Å². The molecule has 96 valence electrons. The number of carbonyl (C=O) groups is 1. The van der Waals surface area contributed by atoms with Crippen molar-refractivity contribution in [2.24, 2.45) is 10.7 Å². The van der Waals surface area contributed by atoms with Gasteiger partial charge in [-0.15, -0.1) is 0 Å². The number of hydrogen-bond acceptors (Lipinski definition) is 3. The van der Waals surface area contributed by atoms with Crippen LogP contribution in [0.5, 0.6) is 0 Å². The molecule has 2 aromatic rings. The van der Waals surface area contributed by atoms with E-state index in [2.05, 4.69) is 15.3 Å². The quantitative estimate of drug-likeness (QED) is 0.574. The molecule has 0 saturated carbocycles. The van der Waals surface area contributed by atoms with Crippen molar-refractivity contribution < 1.29 is 9.90 Å². The zero-order chi connectivity index (χ0) is 13.7. The molecule has 1 aromatic carbocycles. The number of hydrogen-bond donors (Lipinski definition) is 3. The lowest BCUT2D eigenvalue weighted by Crippen LogP contribution is -2.22. The van der Waals surface area contributed by atoms with E-state index in [1.165, 1.54) is 18.3 Å². The highest BCUT2D eigenvalue weighted by atomic mass is 16.4. The molecular weight excluding hydrogens is 244 g/mol. The van der Waals surface area contributed by atoms with Gasteiger partial charge in [0.05, 0.1) is 0 Å². The first-order valence-corrected chi connectivity index (χ1v) is 5.51. The van der Waals surface area contributed by atoms with Gasteiger partial charge in [-0.2, -0.15) is 4.99 Å². The zero-order valence-electron chi connectivity index (χ0n) is 9.95. The number of para-hydroxylation sites is 1. The Labute approximate surface area is 109 Å². The van der Waals surface area contributed by atoms with Crippen LogP contribution in [0.15, 0.2) is 53.7 Å². The standard InChI is InChI=1S/C13H12N4O2/c14-13(16-9-5-2-1-3-6-9)17-11-10(12(18)19)7-4-8-15-11/h1-8H,(H,18,19)(H3,14,15,16,17). The zero-order valence-corrected chi connectivity index (χ0v) is 9.95. The van der Waals surface area contributed by atoms with Gasteiger partial charge in [-0.25, -0.2) is 9.78 Å². The van der Waals surface area contributed by atoms with Gasteiger partial charge in [-0.05, 0) is 24.3 Å². The molecule has 0 unspecified atom stereocenters. The average Bonchev–Trinajstić information content (AvgIpc) is 2.40. The monoisotopic (exact) mass is 256 g/mol. The van der Waals surface area contributed by atoms with E-state index in [0.29, 0.717) is 0 Å². The van der Waals surface area contributed by atoms with Crippen LogP contribution in [0.25, 0.3) is 0 Å². The van der Waals surface area contributed by atoms with Crippen molar-refractivity contribution in [3.63, 3.8) is 0 Å². The molecule has 0 spiro atoms. The third-order valence-corrected chi connectivity index (χ3v) is 2.29. The Morgan fingerprint density at radius 2 is 1.95 bits per heavy atom. The molecule has 0 radical (unpaired) electrons. The number of pyridine rings is 1. The van der Waals surface area contributed by atoms with Gasteiger partial charge in [0.1, 0.15) is 5.56 Å². The van der Waals surface area contributed by atoms with Crippen LogP contribution in [0.1, 0.15) is 10.4 Å². The number of aromatic nitrogens is 1. The first-order chi connectivity index (χ1) is 9.16. The lowest BCUT2D eigenvalue weighted by molar-refractivity contribution is 0.0697. The van der Waals surface area contributed by atoms with Gasteiger partial charge < -0.3 is 16.2 Å². The fourth-order valence-corrected chi connectivity index (χ4v) is 1.46. The number of carboxylic acids is 1. The van der Waals surface area contributed by atoms with Crippen LogP contribution in [0.3, 0.4) is 0 Å². The van der Waals surface area contributed by atoms with Gasteiger partial charge in [-0.1, -0.05) is 18.2 Å². The van der Waals surface area contributed by atoms with E-state index in [4.69, 9.17) is 10.8 Å². The maximum atomic E-state index is 11.0. The van der Waals surface area contributed by atoms with E-state index in [1.54, 1.807) is 0 Å². The molecular formula is C13H12N4O2. The average molecular weight is 256 g/mol. The van der Waals surface area contributed by atoms with Crippen molar-refractivity contribution in [1.29, 1.82) is 0 Å². The first-order valence-electron chi connectivity index (χ1n) is 5.51. The van der Waals surface area contributed by atoms with Crippen LogP contribution >= 0.6 is 0 Å². The van der Waals surface area contributed by atoms with Gasteiger partial charge >= 0.3 is 5.97 Å². The minimum atomic E-state index is -1.10. The smallest absolute Gasteiger partial charge is 0.339 e. The number of anilines is 1. The predicted octanol–water partition coefficient (Wildman–Crippen LogP) is 1.84. The van der Waals surface area contributed by atoms with Crippen LogP contribution in [-0.4, -0.2) is 22.0 Å². The number of nitrogens with one attached hydrogen (secondary N) is 1. The van der Waals surface area contributed by atoms with Crippen molar-refractivity contribution in [2.75, 3.05) is 5.32 Å². The molecule has 0 aliphatic carbocycles. The SMILES string of the molecule is NC(=Nc1ncccc1C(=O)O)Nc1ccccc1. The number of carboxylic acid groups (broad SMARTS) is 1. The summed E-state index contributed by atoms with van der Waals surface area (Å²) in [4.78, 5) is 18.9. The Morgan fingerprint density at radius 1 is 1.21 bits per heavy atom. The fraction of sp³-hybridized carbons (Fsp3) is 0. The van der Waals surface area contributed by atoms with Crippen molar-refractivity contribution >= 4 is 23.4 Å². The number of aliphatic imine (C=N–C) groups is 1. The lowest BCUT2D eigenvalue weighted by atomic mass is 10.2. The van der Waals surface area contributed by atoms with Gasteiger partial charge in [0.15, 0.2) is 11.8 Å². The highest BCUT2D eigenvalue weighted by molar-refractivity contribution is 5.97. The number of nitrogens with zero attached hydrogens (tertiary/aromatic N) is 2. The van der Waals surface area contributed by atoms with Gasteiger partial charge in [0.25, 0.3) is 0 Å². The molecule has 0 bridgehead atoms. The second-order valence-corrected chi connectivity index (χ2v) is 3.67. The minimum Gasteiger partial charge on any atom is -0.478 e. The fourth-order valence-electron chi connectivity index (χ4n) is 1.46. The topological polar surface area (TPSA) is 101 Å². The third-order valence-electron chi connectivity index (χ3n) is 2.29. The van der Waals surface area contributed by atoms with Crippen molar-refractivity contribution in [2.45, 2.75) is 0 Å². The van der Waals surface area contributed by atoms with Gasteiger partial charge in [-0.3, -0.25) is 0 Å². The highest BCUT2D eigenvalue weighted by Gasteiger charge is 2.10. The molecule has 1 heterocycles. The third kappa shape index (κ3) is 3.29. The Kier molecular flexibility index (Phi) is 3.72. The number of aromatic carboxylic acids is 1. The van der Waals surface area contributed by atoms with Crippen molar-refractivity contribution in [1.82, 2.24) is 4.98 Å². The van der Waals surface area contributed by atoms with Crippen LogP contribution < -0.4 is 11.1 Å². The maximum absolute atomic E-state index is 11.0. The first kappa shape index (κ1) is 12.6. The molecule has 0 saturated heterocycles. The molecule has 6 nitrogen and oxygen atoms in total. The summed E-state index contributed by atoms with van der Waals surface area (Å²) >= 11 is 0. The molecule has 0 amide bonds. The minimum absolute atomic E-state index is 0.000289. The summed E-state index contributed by atoms with van der Waals surface area (Å²) in [6.45, 7) is 0. The van der Waals surface area contributed by atoms with Crippen molar-refractivity contribution in [3.8, 4) is 0 Å². The van der Waals surface area contributed by atoms with Crippen LogP contribution in [0.4, 0.5) is 11.5 Å². The summed E-state index contributed by atoms with van der Waals surface area (Å²) in [7, 11) is 0. The molecule has 6 heteroatoms. The summed E-state index contributed by atoms with van der Waals surface area (Å²) in [5.41, 5.74) is 6.47. The Hall–Kier alpha value is -2.89. The summed E-state index contributed by atoms with van der Waals surface area (Å²) in [5.74, 6) is -0.956. The Bertz CT molecular complexity index is 611. The molecule has 1 aromatic heterocycles. The molecule has 0 atom stereocenters. The Morgan fingerprint density at radius 3 is 2.63 bits per heavy atom. The van der Waals surface area contributed by atoms with E-state index in [9.17, 15) is 4.79 Å². The van der Waals surface area contributed by atoms with E-state index in [-0.39, 0.29) is 17.3 Å². The van der Waals surface area contributed by atoms with Gasteiger partial charge in [0.2, 0.25) is 0 Å². The van der Waals surface area contributed by atoms with Gasteiger partial charge in [0, 0.05) is 11.9 Å². The second-order valence-electron chi connectivity index (χ2n) is 3.67. The van der Waals surface area contributed by atoms with Crippen LogP contribution in [-0.2, 0) is 0 Å². The maximum Gasteiger partial charge on any atom is 0.339 e. The molecule has 0 aliphatic heterocycles. The molecule has 0 aliphatic rings. The summed E-state index contributed by atoms with van der Waals surface area (Å²) in [5, 5.41) is 11.8.